The van der Waals surface area contributed by atoms with Crippen LogP contribution >= 0.6 is 0 Å². The van der Waals surface area contributed by atoms with E-state index in [4.69, 9.17) is 23.4 Å². The molecule has 0 aliphatic carbocycles. The van der Waals surface area contributed by atoms with Crippen molar-refractivity contribution in [3.63, 3.8) is 0 Å². The Morgan fingerprint density at radius 2 is 1.63 bits per heavy atom. The largest absolute Gasteiger partial charge is 0.490 e. The maximum Gasteiger partial charge on any atom is 0.204 e. The quantitative estimate of drug-likeness (QED) is 0.491. The standard InChI is InChI=1S/C21H20O6/c1-20(11-25-20)9-23-13-7-16(24-10-21(2)12-26-21)18-17(8-13)27-15-6-4-3-5-14(15)19(18)22/h3-8H,9-12H2,1-2H3. The Morgan fingerprint density at radius 3 is 2.33 bits per heavy atom. The fraction of sp³-hybridized carbons (Fsp3) is 0.381. The number of hydrogen-bond acceptors (Lipinski definition) is 6. The zero-order chi connectivity index (χ0) is 18.6. The van der Waals surface area contributed by atoms with Gasteiger partial charge in [0.15, 0.2) is 0 Å². The van der Waals surface area contributed by atoms with Crippen LogP contribution in [0, 0.1) is 0 Å². The van der Waals surface area contributed by atoms with Gasteiger partial charge in [-0.3, -0.25) is 4.79 Å². The second-order valence-electron chi connectivity index (χ2n) is 7.78. The van der Waals surface area contributed by atoms with Crippen molar-refractivity contribution in [1.29, 1.82) is 0 Å². The molecule has 2 aromatic carbocycles. The molecule has 2 fully saturated rings. The third kappa shape index (κ3) is 3.15. The lowest BCUT2D eigenvalue weighted by Crippen LogP contribution is -2.19. The van der Waals surface area contributed by atoms with Gasteiger partial charge in [-0.2, -0.15) is 0 Å². The van der Waals surface area contributed by atoms with Crippen molar-refractivity contribution in [3.8, 4) is 11.5 Å². The minimum absolute atomic E-state index is 0.118. The first-order chi connectivity index (χ1) is 12.9. The summed E-state index contributed by atoms with van der Waals surface area (Å²) in [7, 11) is 0. The Kier molecular flexibility index (Phi) is 3.51. The van der Waals surface area contributed by atoms with E-state index in [2.05, 4.69) is 0 Å². The van der Waals surface area contributed by atoms with Crippen LogP contribution in [0.3, 0.4) is 0 Å². The van der Waals surface area contributed by atoms with Gasteiger partial charge in [0.25, 0.3) is 0 Å². The van der Waals surface area contributed by atoms with E-state index >= 15 is 0 Å². The molecule has 5 rings (SSSR count). The van der Waals surface area contributed by atoms with Gasteiger partial charge in [-0.15, -0.1) is 0 Å². The predicted octanol–water partition coefficient (Wildman–Crippen LogP) is 3.28. The zero-order valence-corrected chi connectivity index (χ0v) is 15.2. The van der Waals surface area contributed by atoms with E-state index < -0.39 is 0 Å². The van der Waals surface area contributed by atoms with Crippen molar-refractivity contribution >= 4 is 21.9 Å². The molecule has 2 atom stereocenters. The van der Waals surface area contributed by atoms with Crippen molar-refractivity contribution in [2.24, 2.45) is 0 Å². The number of benzene rings is 2. The first-order valence-corrected chi connectivity index (χ1v) is 8.98. The number of epoxide rings is 2. The Bertz CT molecular complexity index is 1090. The van der Waals surface area contributed by atoms with Crippen LogP contribution in [0.15, 0.2) is 45.6 Å². The molecule has 1 aromatic heterocycles. The van der Waals surface area contributed by atoms with Crippen molar-refractivity contribution in [1.82, 2.24) is 0 Å². The highest BCUT2D eigenvalue weighted by atomic mass is 16.6. The molecule has 0 radical (unpaired) electrons. The monoisotopic (exact) mass is 368 g/mol. The SMILES string of the molecule is CC1(COc2cc(OCC3(C)CO3)c3c(=O)c4ccccc4oc3c2)CO1. The Balaban J connectivity index is 1.61. The first kappa shape index (κ1) is 16.6. The first-order valence-electron chi connectivity index (χ1n) is 8.98. The zero-order valence-electron chi connectivity index (χ0n) is 15.2. The minimum atomic E-state index is -0.296. The van der Waals surface area contributed by atoms with E-state index in [1.807, 2.05) is 26.0 Å². The van der Waals surface area contributed by atoms with Gasteiger partial charge in [0.05, 0.1) is 18.6 Å². The summed E-state index contributed by atoms with van der Waals surface area (Å²) >= 11 is 0. The average molecular weight is 368 g/mol. The Labute approximate surface area is 155 Å². The van der Waals surface area contributed by atoms with Crippen LogP contribution in [0.5, 0.6) is 11.5 Å². The highest BCUT2D eigenvalue weighted by Gasteiger charge is 2.41. The summed E-state index contributed by atoms with van der Waals surface area (Å²) in [5, 5.41) is 0.940. The normalized spacial score (nSPS) is 26.3. The van der Waals surface area contributed by atoms with Crippen LogP contribution in [-0.2, 0) is 9.47 Å². The molecule has 0 amide bonds. The molecule has 0 spiro atoms. The summed E-state index contributed by atoms with van der Waals surface area (Å²) < 4.78 is 28.6. The number of para-hydroxylation sites is 1. The van der Waals surface area contributed by atoms with E-state index in [1.165, 1.54) is 0 Å². The molecular weight excluding hydrogens is 348 g/mol. The lowest BCUT2D eigenvalue weighted by Gasteiger charge is -2.14. The maximum atomic E-state index is 13.1. The fourth-order valence-corrected chi connectivity index (χ4v) is 2.94. The van der Waals surface area contributed by atoms with E-state index in [1.54, 1.807) is 24.3 Å². The Morgan fingerprint density at radius 1 is 0.963 bits per heavy atom. The second kappa shape index (κ2) is 5.71. The molecule has 2 saturated heterocycles. The molecule has 6 heteroatoms. The molecule has 0 saturated carbocycles. The molecule has 27 heavy (non-hydrogen) atoms. The third-order valence-corrected chi connectivity index (χ3v) is 4.97. The van der Waals surface area contributed by atoms with Crippen LogP contribution < -0.4 is 14.9 Å². The molecule has 0 N–H and O–H groups in total. The van der Waals surface area contributed by atoms with Gasteiger partial charge in [0.1, 0.15) is 52.5 Å². The minimum Gasteiger partial charge on any atom is -0.490 e. The lowest BCUT2D eigenvalue weighted by atomic mass is 10.1. The molecule has 2 aliphatic rings. The van der Waals surface area contributed by atoms with Crippen molar-refractivity contribution in [3.05, 3.63) is 46.6 Å². The summed E-state index contributed by atoms with van der Waals surface area (Å²) in [5.74, 6) is 1.02. The Hall–Kier alpha value is -2.57. The van der Waals surface area contributed by atoms with Crippen molar-refractivity contribution in [2.75, 3.05) is 26.4 Å². The summed E-state index contributed by atoms with van der Waals surface area (Å²) in [6, 6.07) is 10.7. The number of hydrogen-bond donors (Lipinski definition) is 0. The van der Waals surface area contributed by atoms with Crippen LogP contribution in [0.1, 0.15) is 13.8 Å². The molecule has 3 heterocycles. The number of fused-ring (bicyclic) bond motifs is 2. The van der Waals surface area contributed by atoms with E-state index in [-0.39, 0.29) is 16.6 Å². The molecule has 0 bridgehead atoms. The topological polar surface area (TPSA) is 73.7 Å². The number of rotatable bonds is 6. The summed E-state index contributed by atoms with van der Waals surface area (Å²) in [6.45, 7) is 6.08. The lowest BCUT2D eigenvalue weighted by molar-refractivity contribution is 0.196. The van der Waals surface area contributed by atoms with Gasteiger partial charge in [-0.25, -0.2) is 0 Å². The van der Waals surface area contributed by atoms with Crippen molar-refractivity contribution in [2.45, 2.75) is 25.0 Å². The van der Waals surface area contributed by atoms with Crippen LogP contribution in [0.2, 0.25) is 0 Å². The fourth-order valence-electron chi connectivity index (χ4n) is 2.94. The van der Waals surface area contributed by atoms with Crippen LogP contribution in [0.4, 0.5) is 0 Å². The van der Waals surface area contributed by atoms with E-state index in [0.717, 1.165) is 0 Å². The number of ether oxygens (including phenoxy) is 4. The summed E-state index contributed by atoms with van der Waals surface area (Å²) in [6.07, 6.45) is 0. The highest BCUT2D eigenvalue weighted by Crippen LogP contribution is 2.35. The molecule has 2 unspecified atom stereocenters. The van der Waals surface area contributed by atoms with Gasteiger partial charge in [0, 0.05) is 12.1 Å². The summed E-state index contributed by atoms with van der Waals surface area (Å²) in [4.78, 5) is 13.1. The molecular formula is C21H20O6. The molecule has 6 nitrogen and oxygen atoms in total. The average Bonchev–Trinajstić information content (AvgIpc) is 3.58. The van der Waals surface area contributed by atoms with Gasteiger partial charge in [0.2, 0.25) is 5.43 Å². The molecule has 140 valence electrons. The maximum absolute atomic E-state index is 13.1. The van der Waals surface area contributed by atoms with Crippen molar-refractivity contribution < 1.29 is 23.4 Å². The van der Waals surface area contributed by atoms with Gasteiger partial charge in [-0.1, -0.05) is 12.1 Å². The smallest absolute Gasteiger partial charge is 0.204 e. The highest BCUT2D eigenvalue weighted by molar-refractivity contribution is 5.94. The summed E-state index contributed by atoms with van der Waals surface area (Å²) in [5.41, 5.74) is 0.321. The third-order valence-electron chi connectivity index (χ3n) is 4.97. The van der Waals surface area contributed by atoms with Gasteiger partial charge >= 0.3 is 0 Å². The van der Waals surface area contributed by atoms with Gasteiger partial charge < -0.3 is 23.4 Å². The van der Waals surface area contributed by atoms with Gasteiger partial charge in [-0.05, 0) is 26.0 Å². The second-order valence-corrected chi connectivity index (χ2v) is 7.78. The van der Waals surface area contributed by atoms with Crippen LogP contribution in [-0.4, -0.2) is 37.6 Å². The van der Waals surface area contributed by atoms with E-state index in [9.17, 15) is 4.79 Å². The molecule has 3 aromatic rings. The molecule has 2 aliphatic heterocycles. The van der Waals surface area contributed by atoms with E-state index in [0.29, 0.717) is 59.9 Å². The predicted molar refractivity (Wildman–Crippen MR) is 99.7 cm³/mol. The van der Waals surface area contributed by atoms with Crippen LogP contribution in [0.25, 0.3) is 21.9 Å².